The van der Waals surface area contributed by atoms with Crippen molar-refractivity contribution in [2.24, 2.45) is 0 Å². The van der Waals surface area contributed by atoms with E-state index in [1.807, 2.05) is 6.07 Å². The molecule has 0 saturated heterocycles. The van der Waals surface area contributed by atoms with Crippen LogP contribution in [0.25, 0.3) is 39.4 Å². The van der Waals surface area contributed by atoms with Gasteiger partial charge in [-0.2, -0.15) is 18.3 Å². The lowest BCUT2D eigenvalue weighted by Crippen LogP contribution is -2.08. The summed E-state index contributed by atoms with van der Waals surface area (Å²) in [5.41, 5.74) is 0.965. The molecule has 0 unspecified atom stereocenters. The zero-order valence-electron chi connectivity index (χ0n) is 14.7. The maximum absolute atomic E-state index is 13.2. The molecule has 0 aliphatic rings. The zero-order valence-corrected chi connectivity index (χ0v) is 14.7. The molecule has 29 heavy (non-hydrogen) atoms. The summed E-state index contributed by atoms with van der Waals surface area (Å²) >= 11 is 0. The molecule has 0 saturated carbocycles. The molecule has 0 radical (unpaired) electrons. The Kier molecular flexibility index (Phi) is 3.80. The lowest BCUT2D eigenvalue weighted by Gasteiger charge is -2.15. The average molecular weight is 395 g/mol. The summed E-state index contributed by atoms with van der Waals surface area (Å²) in [5, 5.41) is 4.42. The second-order valence-electron chi connectivity index (χ2n) is 6.30. The van der Waals surface area contributed by atoms with Crippen LogP contribution in [0.15, 0.2) is 82.2 Å². The molecular weight excluding hydrogens is 383 g/mol. The molecule has 8 heteroatoms. The molecule has 0 fully saturated rings. The van der Waals surface area contributed by atoms with E-state index >= 15 is 0 Å². The first-order chi connectivity index (χ1) is 14.0. The number of pyridine rings is 1. The summed E-state index contributed by atoms with van der Waals surface area (Å²) in [7, 11) is 0. The first-order valence-corrected chi connectivity index (χ1v) is 8.66. The molecular formula is C21H12F3N3O2. The van der Waals surface area contributed by atoms with Crippen molar-refractivity contribution in [2.75, 3.05) is 0 Å². The van der Waals surface area contributed by atoms with Crippen LogP contribution in [0.1, 0.15) is 5.69 Å². The van der Waals surface area contributed by atoms with E-state index in [0.29, 0.717) is 39.4 Å². The summed E-state index contributed by atoms with van der Waals surface area (Å²) in [6.45, 7) is 0. The standard InChI is InChI=1S/C21H12F3N3O2/c22-21(23,24)17-9-10-27(26-17)20-13-5-1-2-6-14(13)25-19(16-8-4-12-29-16)18(20)15-7-3-11-28-15/h1-12H. The Hall–Kier alpha value is -3.81. The second-order valence-corrected chi connectivity index (χ2v) is 6.30. The minimum atomic E-state index is -4.55. The first-order valence-electron chi connectivity index (χ1n) is 8.66. The van der Waals surface area contributed by atoms with Gasteiger partial charge in [0.05, 0.1) is 29.3 Å². The molecule has 0 bridgehead atoms. The van der Waals surface area contributed by atoms with E-state index in [0.717, 1.165) is 6.07 Å². The van der Waals surface area contributed by atoms with Crippen molar-refractivity contribution in [1.29, 1.82) is 0 Å². The second kappa shape index (κ2) is 6.37. The number of para-hydroxylation sites is 1. The van der Waals surface area contributed by atoms with E-state index in [4.69, 9.17) is 13.8 Å². The van der Waals surface area contributed by atoms with Crippen LogP contribution >= 0.6 is 0 Å². The van der Waals surface area contributed by atoms with Gasteiger partial charge >= 0.3 is 6.18 Å². The van der Waals surface area contributed by atoms with Crippen LogP contribution in [-0.2, 0) is 6.18 Å². The molecule has 4 aromatic heterocycles. The van der Waals surface area contributed by atoms with Gasteiger partial charge in [-0.3, -0.25) is 0 Å². The van der Waals surface area contributed by atoms with Crippen molar-refractivity contribution in [2.45, 2.75) is 6.18 Å². The molecule has 0 amide bonds. The van der Waals surface area contributed by atoms with Gasteiger partial charge in [0.1, 0.15) is 11.5 Å². The summed E-state index contributed by atoms with van der Waals surface area (Å²) in [5.74, 6) is 0.903. The Balaban J connectivity index is 1.91. The third kappa shape index (κ3) is 2.89. The van der Waals surface area contributed by atoms with Gasteiger partial charge in [0, 0.05) is 11.6 Å². The highest BCUT2D eigenvalue weighted by Gasteiger charge is 2.34. The van der Waals surface area contributed by atoms with E-state index in [-0.39, 0.29) is 0 Å². The maximum atomic E-state index is 13.2. The average Bonchev–Trinajstić information content (AvgIpc) is 3.48. The van der Waals surface area contributed by atoms with Crippen LogP contribution in [0.3, 0.4) is 0 Å². The predicted molar refractivity (Wildman–Crippen MR) is 99.3 cm³/mol. The topological polar surface area (TPSA) is 57.0 Å². The van der Waals surface area contributed by atoms with E-state index < -0.39 is 11.9 Å². The summed E-state index contributed by atoms with van der Waals surface area (Å²) in [4.78, 5) is 4.70. The van der Waals surface area contributed by atoms with Crippen LogP contribution in [0.5, 0.6) is 0 Å². The minimum Gasteiger partial charge on any atom is -0.464 e. The highest BCUT2D eigenvalue weighted by atomic mass is 19.4. The highest BCUT2D eigenvalue weighted by Crippen LogP contribution is 2.40. The van der Waals surface area contributed by atoms with E-state index in [2.05, 4.69) is 5.10 Å². The number of alkyl halides is 3. The molecule has 0 spiro atoms. The van der Waals surface area contributed by atoms with Crippen molar-refractivity contribution in [3.05, 3.63) is 79.0 Å². The Morgan fingerprint density at radius 1 is 0.828 bits per heavy atom. The largest absolute Gasteiger partial charge is 0.464 e. The number of benzene rings is 1. The van der Waals surface area contributed by atoms with Gasteiger partial charge in [-0.1, -0.05) is 18.2 Å². The van der Waals surface area contributed by atoms with Gasteiger partial charge in [0.2, 0.25) is 0 Å². The van der Waals surface area contributed by atoms with Crippen LogP contribution in [0.4, 0.5) is 13.2 Å². The minimum absolute atomic E-state index is 0.424. The Bertz CT molecular complexity index is 1290. The molecule has 0 N–H and O–H groups in total. The van der Waals surface area contributed by atoms with Gasteiger partial charge in [-0.15, -0.1) is 0 Å². The van der Waals surface area contributed by atoms with Crippen LogP contribution in [-0.4, -0.2) is 14.8 Å². The van der Waals surface area contributed by atoms with E-state index in [1.165, 1.54) is 23.4 Å². The third-order valence-corrected chi connectivity index (χ3v) is 4.50. The third-order valence-electron chi connectivity index (χ3n) is 4.50. The van der Waals surface area contributed by atoms with Gasteiger partial charge in [-0.25, -0.2) is 9.67 Å². The predicted octanol–water partition coefficient (Wildman–Crippen LogP) is 5.96. The molecule has 5 aromatic rings. The molecule has 4 heterocycles. The zero-order chi connectivity index (χ0) is 20.0. The number of furan rings is 2. The molecule has 5 rings (SSSR count). The fraction of sp³-hybridized carbons (Fsp3) is 0.0476. The Morgan fingerprint density at radius 3 is 2.21 bits per heavy atom. The quantitative estimate of drug-likeness (QED) is 0.378. The highest BCUT2D eigenvalue weighted by molar-refractivity contribution is 5.99. The monoisotopic (exact) mass is 395 g/mol. The number of fused-ring (bicyclic) bond motifs is 1. The number of hydrogen-bond acceptors (Lipinski definition) is 4. The van der Waals surface area contributed by atoms with Crippen molar-refractivity contribution in [3.63, 3.8) is 0 Å². The number of hydrogen-bond donors (Lipinski definition) is 0. The fourth-order valence-corrected chi connectivity index (χ4v) is 3.28. The van der Waals surface area contributed by atoms with Crippen molar-refractivity contribution in [3.8, 4) is 28.5 Å². The SMILES string of the molecule is FC(F)(F)c1ccn(-c2c(-c3ccco3)c(-c3ccco3)nc3ccccc23)n1. The van der Waals surface area contributed by atoms with Crippen LogP contribution < -0.4 is 0 Å². The normalized spacial score (nSPS) is 12.0. The molecule has 144 valence electrons. The lowest BCUT2D eigenvalue weighted by molar-refractivity contribution is -0.141. The Morgan fingerprint density at radius 2 is 1.55 bits per heavy atom. The van der Waals surface area contributed by atoms with Crippen LogP contribution in [0.2, 0.25) is 0 Å². The molecule has 0 aliphatic carbocycles. The Labute approximate surface area is 162 Å². The lowest BCUT2D eigenvalue weighted by atomic mass is 10.0. The summed E-state index contributed by atoms with van der Waals surface area (Å²) < 4.78 is 51.9. The number of rotatable bonds is 3. The van der Waals surface area contributed by atoms with E-state index in [9.17, 15) is 13.2 Å². The van der Waals surface area contributed by atoms with Crippen LogP contribution in [0, 0.1) is 0 Å². The van der Waals surface area contributed by atoms with Crippen molar-refractivity contribution >= 4 is 10.9 Å². The van der Waals surface area contributed by atoms with Gasteiger partial charge in [0.25, 0.3) is 0 Å². The molecule has 0 aliphatic heterocycles. The van der Waals surface area contributed by atoms with Gasteiger partial charge in [0.15, 0.2) is 11.5 Å². The summed E-state index contributed by atoms with van der Waals surface area (Å²) in [6, 6.07) is 15.0. The number of aromatic nitrogens is 3. The molecule has 1 aromatic carbocycles. The van der Waals surface area contributed by atoms with Crippen molar-refractivity contribution < 1.29 is 22.0 Å². The number of halogens is 3. The summed E-state index contributed by atoms with van der Waals surface area (Å²) in [6.07, 6.45) is -0.274. The smallest absolute Gasteiger partial charge is 0.435 e. The first kappa shape index (κ1) is 17.3. The molecule has 5 nitrogen and oxygen atoms in total. The van der Waals surface area contributed by atoms with E-state index in [1.54, 1.807) is 42.5 Å². The fourth-order valence-electron chi connectivity index (χ4n) is 3.28. The number of nitrogens with zero attached hydrogens (tertiary/aromatic N) is 3. The maximum Gasteiger partial charge on any atom is 0.435 e. The van der Waals surface area contributed by atoms with Gasteiger partial charge < -0.3 is 8.83 Å². The van der Waals surface area contributed by atoms with Crippen molar-refractivity contribution in [1.82, 2.24) is 14.8 Å². The van der Waals surface area contributed by atoms with Gasteiger partial charge in [-0.05, 0) is 36.4 Å². The molecule has 0 atom stereocenters.